The average molecular weight is 293 g/mol. The standard InChI is InChI=1S/C16H18ClFN2/c1-3-19-15(16-11(2)5-4-8-20-16)9-12-6-7-13(18)10-14(12)17/h4-8,10,15,19H,3,9H2,1-2H3. The summed E-state index contributed by atoms with van der Waals surface area (Å²) in [6.07, 6.45) is 2.48. The van der Waals surface area contributed by atoms with E-state index < -0.39 is 0 Å². The summed E-state index contributed by atoms with van der Waals surface area (Å²) in [5.41, 5.74) is 3.07. The topological polar surface area (TPSA) is 24.9 Å². The second-order valence-corrected chi connectivity index (χ2v) is 5.16. The van der Waals surface area contributed by atoms with Crippen LogP contribution in [0, 0.1) is 12.7 Å². The second-order valence-electron chi connectivity index (χ2n) is 4.76. The monoisotopic (exact) mass is 292 g/mol. The van der Waals surface area contributed by atoms with Crippen LogP contribution >= 0.6 is 11.6 Å². The molecule has 0 aliphatic rings. The third-order valence-corrected chi connectivity index (χ3v) is 3.62. The quantitative estimate of drug-likeness (QED) is 0.898. The highest BCUT2D eigenvalue weighted by Gasteiger charge is 2.16. The zero-order valence-corrected chi connectivity index (χ0v) is 12.4. The van der Waals surface area contributed by atoms with Crippen LogP contribution in [0.5, 0.6) is 0 Å². The Labute approximate surface area is 124 Å². The molecule has 0 spiro atoms. The highest BCUT2D eigenvalue weighted by atomic mass is 35.5. The molecule has 0 radical (unpaired) electrons. The molecule has 1 heterocycles. The van der Waals surface area contributed by atoms with Gasteiger partial charge in [0.15, 0.2) is 0 Å². The number of rotatable bonds is 5. The summed E-state index contributed by atoms with van der Waals surface area (Å²) in [6, 6.07) is 8.57. The molecule has 1 atom stereocenters. The van der Waals surface area contributed by atoms with Crippen LogP contribution in [0.25, 0.3) is 0 Å². The van der Waals surface area contributed by atoms with Crippen molar-refractivity contribution in [1.29, 1.82) is 0 Å². The maximum Gasteiger partial charge on any atom is 0.124 e. The number of hydrogen-bond donors (Lipinski definition) is 1. The van der Waals surface area contributed by atoms with Crippen molar-refractivity contribution >= 4 is 11.6 Å². The molecule has 0 aliphatic carbocycles. The van der Waals surface area contributed by atoms with Crippen molar-refractivity contribution in [2.24, 2.45) is 0 Å². The van der Waals surface area contributed by atoms with Gasteiger partial charge in [0.2, 0.25) is 0 Å². The summed E-state index contributed by atoms with van der Waals surface area (Å²) in [6.45, 7) is 4.93. The first-order chi connectivity index (χ1) is 9.61. The van der Waals surface area contributed by atoms with E-state index in [0.717, 1.165) is 23.4 Å². The first-order valence-electron chi connectivity index (χ1n) is 6.70. The smallest absolute Gasteiger partial charge is 0.124 e. The van der Waals surface area contributed by atoms with Gasteiger partial charge in [-0.05, 0) is 49.2 Å². The van der Waals surface area contributed by atoms with Gasteiger partial charge in [-0.3, -0.25) is 4.98 Å². The number of nitrogens with zero attached hydrogens (tertiary/aromatic N) is 1. The summed E-state index contributed by atoms with van der Waals surface area (Å²) >= 11 is 6.11. The number of hydrogen-bond acceptors (Lipinski definition) is 2. The minimum Gasteiger partial charge on any atom is -0.309 e. The van der Waals surface area contributed by atoms with Crippen molar-refractivity contribution in [2.75, 3.05) is 6.54 Å². The predicted octanol–water partition coefficient (Wildman–Crippen LogP) is 4.08. The number of nitrogens with one attached hydrogen (secondary N) is 1. The van der Waals surface area contributed by atoms with Crippen molar-refractivity contribution in [3.63, 3.8) is 0 Å². The maximum atomic E-state index is 13.1. The Bertz CT molecular complexity index is 586. The molecule has 0 bridgehead atoms. The number of benzene rings is 1. The van der Waals surface area contributed by atoms with Crippen molar-refractivity contribution in [3.05, 3.63) is 64.2 Å². The summed E-state index contributed by atoms with van der Waals surface area (Å²) in [7, 11) is 0. The minimum absolute atomic E-state index is 0.0733. The third kappa shape index (κ3) is 3.56. The maximum absolute atomic E-state index is 13.1. The van der Waals surface area contributed by atoms with E-state index in [-0.39, 0.29) is 11.9 Å². The Morgan fingerprint density at radius 1 is 1.35 bits per heavy atom. The summed E-state index contributed by atoms with van der Waals surface area (Å²) in [5.74, 6) is -0.312. The van der Waals surface area contributed by atoms with Crippen molar-refractivity contribution in [3.8, 4) is 0 Å². The van der Waals surface area contributed by atoms with Crippen LogP contribution in [0.1, 0.15) is 29.8 Å². The second kappa shape index (κ2) is 6.82. The van der Waals surface area contributed by atoms with Crippen LogP contribution < -0.4 is 5.32 Å². The van der Waals surface area contributed by atoms with Gasteiger partial charge in [-0.15, -0.1) is 0 Å². The zero-order valence-electron chi connectivity index (χ0n) is 11.7. The Hall–Kier alpha value is -1.45. The van der Waals surface area contributed by atoms with Gasteiger partial charge in [0.05, 0.1) is 11.7 Å². The molecule has 0 aliphatic heterocycles. The lowest BCUT2D eigenvalue weighted by Gasteiger charge is -2.20. The number of pyridine rings is 1. The molecule has 1 aromatic carbocycles. The van der Waals surface area contributed by atoms with E-state index in [2.05, 4.69) is 17.2 Å². The fourth-order valence-corrected chi connectivity index (χ4v) is 2.53. The highest BCUT2D eigenvalue weighted by Crippen LogP contribution is 2.24. The van der Waals surface area contributed by atoms with Crippen LogP contribution in [0.3, 0.4) is 0 Å². The van der Waals surface area contributed by atoms with Crippen LogP contribution in [-0.2, 0) is 6.42 Å². The minimum atomic E-state index is -0.312. The van der Waals surface area contributed by atoms with E-state index >= 15 is 0 Å². The molecule has 0 fully saturated rings. The van der Waals surface area contributed by atoms with E-state index in [1.807, 2.05) is 19.1 Å². The molecule has 0 amide bonds. The Balaban J connectivity index is 2.28. The Morgan fingerprint density at radius 2 is 2.15 bits per heavy atom. The summed E-state index contributed by atoms with van der Waals surface area (Å²) in [4.78, 5) is 4.46. The molecule has 20 heavy (non-hydrogen) atoms. The molecule has 1 unspecified atom stereocenters. The molecule has 4 heteroatoms. The van der Waals surface area contributed by atoms with Gasteiger partial charge in [-0.1, -0.05) is 30.7 Å². The lowest BCUT2D eigenvalue weighted by Crippen LogP contribution is -2.24. The average Bonchev–Trinajstić information content (AvgIpc) is 2.42. The van der Waals surface area contributed by atoms with Gasteiger partial charge in [0.1, 0.15) is 5.82 Å². The molecule has 2 rings (SSSR count). The van der Waals surface area contributed by atoms with Gasteiger partial charge in [0.25, 0.3) is 0 Å². The van der Waals surface area contributed by atoms with Gasteiger partial charge in [0, 0.05) is 11.2 Å². The molecular formula is C16H18ClFN2. The van der Waals surface area contributed by atoms with Crippen LogP contribution in [-0.4, -0.2) is 11.5 Å². The Morgan fingerprint density at radius 3 is 2.80 bits per heavy atom. The fourth-order valence-electron chi connectivity index (χ4n) is 2.28. The number of halogens is 2. The molecule has 1 N–H and O–H groups in total. The normalized spacial score (nSPS) is 12.4. The molecule has 2 aromatic rings. The summed E-state index contributed by atoms with van der Waals surface area (Å²) < 4.78 is 13.1. The summed E-state index contributed by atoms with van der Waals surface area (Å²) in [5, 5.41) is 3.87. The van der Waals surface area contributed by atoms with Crippen LogP contribution in [0.2, 0.25) is 5.02 Å². The van der Waals surface area contributed by atoms with Gasteiger partial charge in [-0.25, -0.2) is 4.39 Å². The van der Waals surface area contributed by atoms with E-state index in [1.165, 1.54) is 12.1 Å². The number of aryl methyl sites for hydroxylation is 1. The van der Waals surface area contributed by atoms with E-state index in [0.29, 0.717) is 11.4 Å². The molecule has 2 nitrogen and oxygen atoms in total. The lowest BCUT2D eigenvalue weighted by molar-refractivity contribution is 0.533. The van der Waals surface area contributed by atoms with E-state index in [1.54, 1.807) is 12.3 Å². The molecular weight excluding hydrogens is 275 g/mol. The SMILES string of the molecule is CCNC(Cc1ccc(F)cc1Cl)c1ncccc1C. The van der Waals surface area contributed by atoms with Gasteiger partial charge < -0.3 is 5.32 Å². The van der Waals surface area contributed by atoms with Crippen molar-refractivity contribution in [2.45, 2.75) is 26.3 Å². The largest absolute Gasteiger partial charge is 0.309 e. The Kier molecular flexibility index (Phi) is 5.10. The van der Waals surface area contributed by atoms with Crippen molar-refractivity contribution < 1.29 is 4.39 Å². The van der Waals surface area contributed by atoms with Gasteiger partial charge in [-0.2, -0.15) is 0 Å². The first-order valence-corrected chi connectivity index (χ1v) is 7.08. The molecule has 0 saturated heterocycles. The molecule has 106 valence electrons. The first kappa shape index (κ1) is 14.9. The highest BCUT2D eigenvalue weighted by molar-refractivity contribution is 6.31. The number of likely N-dealkylation sites (N-methyl/N-ethyl adjacent to an activating group) is 1. The van der Waals surface area contributed by atoms with Gasteiger partial charge >= 0.3 is 0 Å². The van der Waals surface area contributed by atoms with Crippen LogP contribution in [0.4, 0.5) is 4.39 Å². The van der Waals surface area contributed by atoms with Crippen LogP contribution in [0.15, 0.2) is 36.5 Å². The van der Waals surface area contributed by atoms with E-state index in [9.17, 15) is 4.39 Å². The zero-order chi connectivity index (χ0) is 14.5. The lowest BCUT2D eigenvalue weighted by atomic mass is 10.00. The fraction of sp³-hybridized carbons (Fsp3) is 0.312. The van der Waals surface area contributed by atoms with E-state index in [4.69, 9.17) is 11.6 Å². The number of aromatic nitrogens is 1. The molecule has 0 saturated carbocycles. The molecule has 1 aromatic heterocycles. The predicted molar refractivity (Wildman–Crippen MR) is 80.5 cm³/mol. The van der Waals surface area contributed by atoms with Crippen molar-refractivity contribution in [1.82, 2.24) is 10.3 Å². The third-order valence-electron chi connectivity index (χ3n) is 3.27.